The van der Waals surface area contributed by atoms with Crippen LogP contribution in [0.5, 0.6) is 0 Å². The molecule has 0 amide bonds. The van der Waals surface area contributed by atoms with E-state index >= 15 is 0 Å². The molecule has 8 heteroatoms. The van der Waals surface area contributed by atoms with Crippen LogP contribution in [0, 0.1) is 6.92 Å². The molecule has 0 radical (unpaired) electrons. The molecule has 2 aromatic heterocycles. The molecular formula is C26H26ClN3OS3. The topological polar surface area (TPSA) is 29.1 Å². The highest BCUT2D eigenvalue weighted by atomic mass is 35.5. The van der Waals surface area contributed by atoms with Gasteiger partial charge < -0.3 is 17.3 Å². The van der Waals surface area contributed by atoms with Gasteiger partial charge in [0, 0.05) is 31.0 Å². The van der Waals surface area contributed by atoms with Gasteiger partial charge in [-0.15, -0.1) is 11.3 Å². The van der Waals surface area contributed by atoms with Gasteiger partial charge in [0.15, 0.2) is 12.2 Å². The Morgan fingerprint density at radius 3 is 2.65 bits per heavy atom. The predicted molar refractivity (Wildman–Crippen MR) is 141 cm³/mol. The second kappa shape index (κ2) is 10.1. The molecule has 2 aromatic carbocycles. The zero-order valence-electron chi connectivity index (χ0n) is 19.5. The Labute approximate surface area is 217 Å². The van der Waals surface area contributed by atoms with Gasteiger partial charge in [0.25, 0.3) is 10.6 Å². The SMILES string of the molecule is CCn1c(=O)/c(=C2\Sc3cc(C)ccc3N2C)s/c1=C\c1scc[n+]1C(C)c1ccccc1.[Cl-]. The monoisotopic (exact) mass is 527 g/mol. The highest BCUT2D eigenvalue weighted by Crippen LogP contribution is 2.45. The number of benzene rings is 2. The Morgan fingerprint density at radius 1 is 1.15 bits per heavy atom. The number of rotatable bonds is 4. The summed E-state index contributed by atoms with van der Waals surface area (Å²) >= 11 is 4.99. The van der Waals surface area contributed by atoms with E-state index in [1.54, 1.807) is 34.4 Å². The molecule has 34 heavy (non-hydrogen) atoms. The largest absolute Gasteiger partial charge is 1.00 e. The fourth-order valence-corrected chi connectivity index (χ4v) is 7.63. The quantitative estimate of drug-likeness (QED) is 0.375. The van der Waals surface area contributed by atoms with E-state index in [9.17, 15) is 4.79 Å². The number of thioether (sulfide) groups is 1. The maximum absolute atomic E-state index is 13.4. The van der Waals surface area contributed by atoms with Gasteiger partial charge in [0.2, 0.25) is 0 Å². The maximum Gasteiger partial charge on any atom is 0.271 e. The number of fused-ring (bicyclic) bond motifs is 1. The summed E-state index contributed by atoms with van der Waals surface area (Å²) in [4.78, 5) is 16.8. The lowest BCUT2D eigenvalue weighted by molar-refractivity contribution is -0.707. The molecule has 5 rings (SSSR count). The fourth-order valence-electron chi connectivity index (χ4n) is 4.16. The van der Waals surface area contributed by atoms with E-state index in [1.165, 1.54) is 16.0 Å². The Balaban J connectivity index is 0.00000274. The molecule has 176 valence electrons. The van der Waals surface area contributed by atoms with Crippen LogP contribution in [0.4, 0.5) is 5.69 Å². The van der Waals surface area contributed by atoms with Crippen LogP contribution in [0.15, 0.2) is 69.8 Å². The molecule has 0 N–H and O–H groups in total. The average Bonchev–Trinajstić information content (AvgIpc) is 3.50. The summed E-state index contributed by atoms with van der Waals surface area (Å²) in [6.45, 7) is 7.01. The van der Waals surface area contributed by atoms with Gasteiger partial charge in [0.05, 0.1) is 17.1 Å². The number of halogens is 1. The summed E-state index contributed by atoms with van der Waals surface area (Å²) < 4.78 is 5.98. The van der Waals surface area contributed by atoms with Crippen molar-refractivity contribution >= 4 is 51.2 Å². The third-order valence-corrected chi connectivity index (χ3v) is 9.32. The summed E-state index contributed by atoms with van der Waals surface area (Å²) in [7, 11) is 2.05. The number of hydrogen-bond donors (Lipinski definition) is 0. The van der Waals surface area contributed by atoms with Gasteiger partial charge in [-0.2, -0.15) is 4.57 Å². The number of aryl methyl sites for hydroxylation is 1. The first-order valence-electron chi connectivity index (χ1n) is 11.0. The normalized spacial score (nSPS) is 15.9. The standard InChI is InChI=1S/C26H26N3OS3.ClH/c1-5-28-23(16-22-29(13-14-31-22)18(3)19-9-7-6-8-10-19)33-24(25(28)30)26-27(4)20-12-11-17(2)15-21(20)32-26;/h6-16,18H,5H2,1-4H3;1H/q+1;/p-1/b26-24+;. The van der Waals surface area contributed by atoms with E-state index in [4.69, 9.17) is 0 Å². The van der Waals surface area contributed by atoms with E-state index in [1.807, 2.05) is 17.6 Å². The number of hydrogen-bond acceptors (Lipinski definition) is 5. The molecule has 1 unspecified atom stereocenters. The van der Waals surface area contributed by atoms with E-state index in [2.05, 4.69) is 90.5 Å². The molecule has 1 aliphatic rings. The van der Waals surface area contributed by atoms with Crippen LogP contribution < -0.4 is 36.6 Å². The number of anilines is 1. The molecule has 3 heterocycles. The second-order valence-corrected chi connectivity index (χ2v) is 11.1. The van der Waals surface area contributed by atoms with Crippen molar-refractivity contribution in [2.45, 2.75) is 38.3 Å². The van der Waals surface area contributed by atoms with Crippen molar-refractivity contribution in [2.24, 2.45) is 0 Å². The molecule has 4 nitrogen and oxygen atoms in total. The summed E-state index contributed by atoms with van der Waals surface area (Å²) in [5.41, 5.74) is 3.75. The Hall–Kier alpha value is -2.32. The molecular weight excluding hydrogens is 502 g/mol. The predicted octanol–water partition coefficient (Wildman–Crippen LogP) is 1.34. The van der Waals surface area contributed by atoms with E-state index < -0.39 is 0 Å². The van der Waals surface area contributed by atoms with Crippen molar-refractivity contribution in [1.82, 2.24) is 4.57 Å². The smallest absolute Gasteiger partial charge is 0.271 e. The minimum Gasteiger partial charge on any atom is -1.00 e. The van der Waals surface area contributed by atoms with Crippen molar-refractivity contribution in [3.63, 3.8) is 0 Å². The van der Waals surface area contributed by atoms with Gasteiger partial charge in [-0.1, -0.05) is 59.5 Å². The van der Waals surface area contributed by atoms with Crippen LogP contribution in [0.25, 0.3) is 11.1 Å². The van der Waals surface area contributed by atoms with Crippen LogP contribution >= 0.6 is 34.4 Å². The van der Waals surface area contributed by atoms with Crippen LogP contribution in [0.3, 0.4) is 0 Å². The number of nitrogens with zero attached hydrogens (tertiary/aromatic N) is 3. The van der Waals surface area contributed by atoms with E-state index in [0.29, 0.717) is 6.54 Å². The molecule has 0 saturated carbocycles. The summed E-state index contributed by atoms with van der Waals surface area (Å²) in [6.07, 6.45) is 4.30. The lowest BCUT2D eigenvalue weighted by atomic mass is 10.1. The average molecular weight is 528 g/mol. The highest BCUT2D eigenvalue weighted by Gasteiger charge is 2.25. The lowest BCUT2D eigenvalue weighted by Crippen LogP contribution is -3.00. The summed E-state index contributed by atoms with van der Waals surface area (Å²) in [6, 6.07) is 17.2. The Kier molecular flexibility index (Phi) is 7.38. The van der Waals surface area contributed by atoms with E-state index in [-0.39, 0.29) is 24.0 Å². The molecule has 0 bridgehead atoms. The first kappa shape index (κ1) is 24.8. The van der Waals surface area contributed by atoms with Crippen LogP contribution in [0.2, 0.25) is 0 Å². The van der Waals surface area contributed by atoms with Crippen molar-refractivity contribution in [1.29, 1.82) is 0 Å². The molecule has 0 saturated heterocycles. The first-order valence-corrected chi connectivity index (χ1v) is 13.5. The van der Waals surface area contributed by atoms with Gasteiger partial charge in [0.1, 0.15) is 14.2 Å². The molecule has 1 aliphatic heterocycles. The maximum atomic E-state index is 13.4. The molecule has 0 aliphatic carbocycles. The van der Waals surface area contributed by atoms with Gasteiger partial charge in [-0.25, -0.2) is 0 Å². The summed E-state index contributed by atoms with van der Waals surface area (Å²) in [5.74, 6) is 0. The molecule has 1 atom stereocenters. The first-order chi connectivity index (χ1) is 16.0. The van der Waals surface area contributed by atoms with Crippen molar-refractivity contribution in [3.05, 3.63) is 95.8 Å². The van der Waals surface area contributed by atoms with Crippen LogP contribution in [-0.2, 0) is 6.54 Å². The minimum absolute atomic E-state index is 0. The summed E-state index contributed by atoms with van der Waals surface area (Å²) in [5, 5.41) is 4.27. The van der Waals surface area contributed by atoms with Gasteiger partial charge in [-0.3, -0.25) is 9.36 Å². The molecule has 0 fully saturated rings. The van der Waals surface area contributed by atoms with Gasteiger partial charge in [-0.05, 0) is 31.5 Å². The Morgan fingerprint density at radius 2 is 1.91 bits per heavy atom. The highest BCUT2D eigenvalue weighted by molar-refractivity contribution is 8.08. The minimum atomic E-state index is 0. The second-order valence-electron chi connectivity index (χ2n) is 8.14. The van der Waals surface area contributed by atoms with Crippen LogP contribution in [0.1, 0.15) is 36.0 Å². The van der Waals surface area contributed by atoms with Crippen molar-refractivity contribution < 1.29 is 17.0 Å². The zero-order chi connectivity index (χ0) is 23.1. The van der Waals surface area contributed by atoms with Gasteiger partial charge >= 0.3 is 0 Å². The van der Waals surface area contributed by atoms with Crippen molar-refractivity contribution in [3.8, 4) is 0 Å². The fraction of sp³-hybridized carbons (Fsp3) is 0.231. The van der Waals surface area contributed by atoms with E-state index in [0.717, 1.165) is 24.9 Å². The number of thiazole rings is 2. The lowest BCUT2D eigenvalue weighted by Gasteiger charge is -2.12. The number of aromatic nitrogens is 2. The zero-order valence-corrected chi connectivity index (χ0v) is 22.7. The third-order valence-electron chi connectivity index (χ3n) is 6.02. The van der Waals surface area contributed by atoms with Crippen molar-refractivity contribution in [2.75, 3.05) is 11.9 Å². The Bertz CT molecular complexity index is 1500. The molecule has 0 spiro atoms. The molecule has 4 aromatic rings. The third kappa shape index (κ3) is 4.38. The van der Waals surface area contributed by atoms with Crippen LogP contribution in [-0.4, -0.2) is 11.6 Å².